The molecule has 0 spiro atoms. The first-order valence-corrected chi connectivity index (χ1v) is 11.8. The summed E-state index contributed by atoms with van der Waals surface area (Å²) in [5.41, 5.74) is 0.992. The van der Waals surface area contributed by atoms with Gasteiger partial charge in [-0.25, -0.2) is 4.68 Å². The number of nitrogens with zero attached hydrogens (tertiary/aromatic N) is 3. The number of aromatic nitrogens is 2. The fraction of sp³-hybridized carbons (Fsp3) is 0.429. The Morgan fingerprint density at radius 1 is 1.03 bits per heavy atom. The second-order valence-corrected chi connectivity index (χ2v) is 10.3. The van der Waals surface area contributed by atoms with E-state index in [1.165, 1.54) is 4.68 Å². The van der Waals surface area contributed by atoms with Crippen molar-refractivity contribution in [3.8, 4) is 5.69 Å². The average Bonchev–Trinajstić information content (AvgIpc) is 3.09. The quantitative estimate of drug-likeness (QED) is 0.464. The summed E-state index contributed by atoms with van der Waals surface area (Å²) in [5, 5.41) is 2.62. The summed E-state index contributed by atoms with van der Waals surface area (Å²) in [4.78, 5) is 52.5. The molecular weight excluding hydrogens is 532 g/mol. The normalized spacial score (nSPS) is 25.6. The first-order valence-electron chi connectivity index (χ1n) is 9.98. The number of carbonyl (C=O) groups is 3. The molecule has 0 bridgehead atoms. The molecule has 1 aromatic heterocycles. The van der Waals surface area contributed by atoms with Gasteiger partial charge in [0.25, 0.3) is 5.56 Å². The molecule has 3 amide bonds. The number of fused-ring (bicyclic) bond motifs is 1. The maximum Gasteiger partial charge on any atom is 0.295 e. The van der Waals surface area contributed by atoms with Crippen LogP contribution in [-0.2, 0) is 21.4 Å². The Balaban J connectivity index is 1.53. The topological polar surface area (TPSA) is 93.4 Å². The SMILES string of the molecule is Cc1c(NC(=O)CN2C(=O)[C@@H]3C[C@H](Br)[C@@H](Br)C[C@H]3C2=O)c(=O)n(-c2ccccc2)n1C. The lowest BCUT2D eigenvalue weighted by Gasteiger charge is -2.29. The van der Waals surface area contributed by atoms with Crippen molar-refractivity contribution in [3.05, 3.63) is 46.4 Å². The standard InChI is InChI=1S/C21H22Br2N4O4/c1-11-18(21(31)27(25(11)2)12-6-4-3-5-7-12)24-17(28)10-26-19(29)13-8-15(22)16(23)9-14(13)20(26)30/h3-7,13-16H,8-10H2,1-2H3,(H,24,28)/t13-,14-,15+,16+/m1/s1. The van der Waals surface area contributed by atoms with Gasteiger partial charge in [-0.1, -0.05) is 50.1 Å². The third kappa shape index (κ3) is 3.80. The minimum atomic E-state index is -0.572. The van der Waals surface area contributed by atoms with E-state index in [9.17, 15) is 19.2 Å². The minimum absolute atomic E-state index is 0.0997. The van der Waals surface area contributed by atoms with E-state index in [4.69, 9.17) is 0 Å². The van der Waals surface area contributed by atoms with E-state index in [0.717, 1.165) is 4.90 Å². The van der Waals surface area contributed by atoms with Crippen LogP contribution in [-0.4, -0.2) is 48.2 Å². The summed E-state index contributed by atoms with van der Waals surface area (Å²) in [6.07, 6.45) is 1.09. The van der Waals surface area contributed by atoms with Gasteiger partial charge in [-0.2, -0.15) is 0 Å². The predicted molar refractivity (Wildman–Crippen MR) is 123 cm³/mol. The van der Waals surface area contributed by atoms with E-state index in [2.05, 4.69) is 37.2 Å². The van der Waals surface area contributed by atoms with Crippen molar-refractivity contribution >= 4 is 55.3 Å². The lowest BCUT2D eigenvalue weighted by Crippen LogP contribution is -2.39. The summed E-state index contributed by atoms with van der Waals surface area (Å²) < 4.78 is 3.11. The molecule has 2 fully saturated rings. The Labute approximate surface area is 195 Å². The van der Waals surface area contributed by atoms with Crippen LogP contribution < -0.4 is 10.9 Å². The Hall–Kier alpha value is -2.20. The number of anilines is 1. The van der Waals surface area contributed by atoms with Crippen molar-refractivity contribution in [2.45, 2.75) is 29.4 Å². The highest BCUT2D eigenvalue weighted by Gasteiger charge is 2.52. The number of rotatable bonds is 4. The number of benzene rings is 1. The lowest BCUT2D eigenvalue weighted by atomic mass is 9.81. The number of carbonyl (C=O) groups excluding carboxylic acids is 3. The van der Waals surface area contributed by atoms with Crippen LogP contribution in [0.3, 0.4) is 0 Å². The van der Waals surface area contributed by atoms with Crippen LogP contribution in [0.4, 0.5) is 5.69 Å². The van der Waals surface area contributed by atoms with E-state index >= 15 is 0 Å². The lowest BCUT2D eigenvalue weighted by molar-refractivity contribution is -0.142. The molecule has 4 rings (SSSR count). The molecule has 164 valence electrons. The molecule has 1 aromatic carbocycles. The Morgan fingerprint density at radius 3 is 2.13 bits per heavy atom. The predicted octanol–water partition coefficient (Wildman–Crippen LogP) is 2.34. The molecule has 0 unspecified atom stereocenters. The Morgan fingerprint density at radius 2 is 1.58 bits per heavy atom. The van der Waals surface area contributed by atoms with Gasteiger partial charge >= 0.3 is 0 Å². The zero-order chi connectivity index (χ0) is 22.4. The van der Waals surface area contributed by atoms with Gasteiger partial charge in [0.15, 0.2) is 0 Å². The summed E-state index contributed by atoms with van der Waals surface area (Å²) in [7, 11) is 1.73. The Bertz CT molecular complexity index is 1080. The molecule has 1 aliphatic carbocycles. The molecule has 10 heteroatoms. The smallest absolute Gasteiger partial charge is 0.295 e. The molecule has 1 aliphatic heterocycles. The summed E-state index contributed by atoms with van der Waals surface area (Å²) in [6, 6.07) is 9.08. The fourth-order valence-corrected chi connectivity index (χ4v) is 5.59. The number of likely N-dealkylation sites (tertiary alicyclic amines) is 1. The van der Waals surface area contributed by atoms with Gasteiger partial charge in [0.05, 0.1) is 23.2 Å². The van der Waals surface area contributed by atoms with Gasteiger partial charge in [-0.15, -0.1) is 0 Å². The first kappa shape index (κ1) is 22.0. The molecule has 2 aliphatic rings. The van der Waals surface area contributed by atoms with Crippen molar-refractivity contribution in [3.63, 3.8) is 0 Å². The summed E-state index contributed by atoms with van der Waals surface area (Å²) in [5.74, 6) is -2.03. The van der Waals surface area contributed by atoms with Crippen molar-refractivity contribution in [1.82, 2.24) is 14.3 Å². The van der Waals surface area contributed by atoms with Gasteiger partial charge in [-0.3, -0.25) is 28.8 Å². The van der Waals surface area contributed by atoms with Crippen molar-refractivity contribution < 1.29 is 14.4 Å². The molecular formula is C21H22Br2N4O4. The van der Waals surface area contributed by atoms with E-state index in [-0.39, 0.29) is 32.7 Å². The fourth-order valence-electron chi connectivity index (χ4n) is 4.35. The molecule has 1 saturated carbocycles. The van der Waals surface area contributed by atoms with Crippen LogP contribution in [0.5, 0.6) is 0 Å². The number of nitrogens with one attached hydrogen (secondary N) is 1. The van der Waals surface area contributed by atoms with Crippen LogP contribution in [0.2, 0.25) is 0 Å². The summed E-state index contributed by atoms with van der Waals surface area (Å²) in [6.45, 7) is 1.33. The van der Waals surface area contributed by atoms with E-state index in [1.807, 2.05) is 18.2 Å². The summed E-state index contributed by atoms with van der Waals surface area (Å²) >= 11 is 7.10. The van der Waals surface area contributed by atoms with Gasteiger partial charge in [-0.05, 0) is 31.9 Å². The average molecular weight is 554 g/mol. The molecule has 1 saturated heterocycles. The van der Waals surface area contributed by atoms with Crippen LogP contribution in [0, 0.1) is 18.8 Å². The maximum atomic E-state index is 13.0. The number of alkyl halides is 2. The Kier molecular flexibility index (Phi) is 5.95. The molecule has 1 N–H and O–H groups in total. The maximum absolute atomic E-state index is 13.0. The zero-order valence-electron chi connectivity index (χ0n) is 17.0. The largest absolute Gasteiger partial charge is 0.318 e. The van der Waals surface area contributed by atoms with Gasteiger partial charge in [0.2, 0.25) is 17.7 Å². The van der Waals surface area contributed by atoms with E-state index in [0.29, 0.717) is 24.2 Å². The molecule has 8 nitrogen and oxygen atoms in total. The number of imide groups is 1. The highest BCUT2D eigenvalue weighted by Crippen LogP contribution is 2.43. The van der Waals surface area contributed by atoms with E-state index in [1.54, 1.807) is 30.8 Å². The van der Waals surface area contributed by atoms with Crippen molar-refractivity contribution in [2.24, 2.45) is 18.9 Å². The van der Waals surface area contributed by atoms with Crippen molar-refractivity contribution in [2.75, 3.05) is 11.9 Å². The second kappa shape index (κ2) is 8.38. The third-order valence-electron chi connectivity index (χ3n) is 6.12. The second-order valence-electron chi connectivity index (χ2n) is 7.96. The zero-order valence-corrected chi connectivity index (χ0v) is 20.2. The van der Waals surface area contributed by atoms with Gasteiger partial charge in [0.1, 0.15) is 12.2 Å². The molecule has 2 heterocycles. The third-order valence-corrected chi connectivity index (χ3v) is 8.86. The van der Waals surface area contributed by atoms with Crippen LogP contribution in [0.25, 0.3) is 5.69 Å². The highest BCUT2D eigenvalue weighted by atomic mass is 79.9. The molecule has 0 radical (unpaired) electrons. The number of halogens is 2. The van der Waals surface area contributed by atoms with Gasteiger partial charge < -0.3 is 5.32 Å². The number of amides is 3. The van der Waals surface area contributed by atoms with Crippen molar-refractivity contribution in [1.29, 1.82) is 0 Å². The van der Waals surface area contributed by atoms with Gasteiger partial charge in [0, 0.05) is 16.7 Å². The van der Waals surface area contributed by atoms with E-state index < -0.39 is 24.3 Å². The van der Waals surface area contributed by atoms with Crippen LogP contribution in [0.15, 0.2) is 35.1 Å². The molecule has 2 aromatic rings. The number of hydrogen-bond donors (Lipinski definition) is 1. The molecule has 31 heavy (non-hydrogen) atoms. The number of para-hydroxylation sites is 1. The minimum Gasteiger partial charge on any atom is -0.318 e. The monoisotopic (exact) mass is 552 g/mol. The van der Waals surface area contributed by atoms with Crippen LogP contribution in [0.1, 0.15) is 18.5 Å². The number of hydrogen-bond acceptors (Lipinski definition) is 4. The molecule has 4 atom stereocenters. The highest BCUT2D eigenvalue weighted by molar-refractivity contribution is 9.12. The first-order chi connectivity index (χ1) is 14.7. The van der Waals surface area contributed by atoms with Crippen LogP contribution >= 0.6 is 31.9 Å².